The predicted octanol–water partition coefficient (Wildman–Crippen LogP) is -3.58. The molecule has 208 valence electrons. The number of nitrogens with two attached hydrogens (primary N) is 3. The Hall–Kier alpha value is -4.73. The van der Waals surface area contributed by atoms with E-state index in [-0.39, 0.29) is 25.0 Å². The molecule has 1 aromatic carbocycles. The molecule has 4 atom stereocenters. The Bertz CT molecular complexity index is 1060. The highest BCUT2D eigenvalue weighted by Crippen LogP contribution is 2.12. The van der Waals surface area contributed by atoms with Gasteiger partial charge in [-0.15, -0.1) is 0 Å². The number of nitrogens with one attached hydrogen (secondary N) is 3. The molecule has 0 aromatic heterocycles. The van der Waals surface area contributed by atoms with Gasteiger partial charge in [0.05, 0.1) is 18.9 Å². The van der Waals surface area contributed by atoms with E-state index in [2.05, 4.69) is 10.6 Å². The molecule has 0 heterocycles. The first-order valence-electron chi connectivity index (χ1n) is 11.1. The molecule has 1 rings (SSSR count). The molecule has 0 radical (unpaired) electrons. The molecule has 1 aromatic rings. The summed E-state index contributed by atoms with van der Waals surface area (Å²) in [4.78, 5) is 83.0. The summed E-state index contributed by atoms with van der Waals surface area (Å²) in [5.41, 5.74) is 16.1. The molecule has 0 aliphatic carbocycles. The summed E-state index contributed by atoms with van der Waals surface area (Å²) < 4.78 is 0. The number of aromatic hydroxyl groups is 1. The molecule has 5 amide bonds. The third-order valence-corrected chi connectivity index (χ3v) is 5.07. The van der Waals surface area contributed by atoms with Crippen molar-refractivity contribution < 1.29 is 48.9 Å². The van der Waals surface area contributed by atoms with Crippen molar-refractivity contribution in [1.29, 1.82) is 0 Å². The molecular formula is C22H30N6O10. The molecule has 0 saturated heterocycles. The fraction of sp³-hybridized carbons (Fsp3) is 0.409. The maximum Gasteiger partial charge on any atom is 0.326 e. The van der Waals surface area contributed by atoms with Crippen molar-refractivity contribution in [2.75, 3.05) is 0 Å². The minimum atomic E-state index is -1.78. The van der Waals surface area contributed by atoms with Crippen LogP contribution in [0, 0.1) is 0 Å². The summed E-state index contributed by atoms with van der Waals surface area (Å²) in [5.74, 6) is -8.00. The smallest absolute Gasteiger partial charge is 0.326 e. The van der Waals surface area contributed by atoms with Gasteiger partial charge in [0.15, 0.2) is 0 Å². The summed E-state index contributed by atoms with van der Waals surface area (Å²) in [5, 5.41) is 34.5. The van der Waals surface area contributed by atoms with E-state index in [1.807, 2.05) is 5.32 Å². The van der Waals surface area contributed by atoms with Crippen LogP contribution in [0.5, 0.6) is 5.75 Å². The minimum absolute atomic E-state index is 0.0789. The number of hydrogen-bond donors (Lipinski definition) is 9. The number of primary amides is 2. The van der Waals surface area contributed by atoms with Gasteiger partial charge >= 0.3 is 11.9 Å². The van der Waals surface area contributed by atoms with Crippen LogP contribution in [0.3, 0.4) is 0 Å². The first-order chi connectivity index (χ1) is 17.7. The van der Waals surface area contributed by atoms with Crippen LogP contribution < -0.4 is 33.2 Å². The fourth-order valence-corrected chi connectivity index (χ4v) is 3.14. The molecule has 0 spiro atoms. The number of phenols is 1. The van der Waals surface area contributed by atoms with Crippen LogP contribution in [0.4, 0.5) is 0 Å². The average Bonchev–Trinajstić information content (AvgIpc) is 2.80. The first kappa shape index (κ1) is 31.3. The lowest BCUT2D eigenvalue weighted by molar-refractivity contribution is -0.143. The number of carbonyl (C=O) groups excluding carboxylic acids is 5. The van der Waals surface area contributed by atoms with E-state index in [4.69, 9.17) is 17.2 Å². The van der Waals surface area contributed by atoms with Crippen LogP contribution in [0.2, 0.25) is 0 Å². The SMILES string of the molecule is NC(=O)CCC(NC(=O)C(CC(=O)O)NC(=O)C(Cc1ccc(O)cc1)NC(=O)C(N)CC(N)=O)C(=O)O. The maximum atomic E-state index is 13.1. The van der Waals surface area contributed by atoms with Crippen molar-refractivity contribution in [3.05, 3.63) is 29.8 Å². The van der Waals surface area contributed by atoms with Crippen LogP contribution >= 0.6 is 0 Å². The van der Waals surface area contributed by atoms with E-state index in [0.717, 1.165) is 0 Å². The number of phenolic OH excluding ortho intramolecular Hbond substituents is 1. The van der Waals surface area contributed by atoms with Crippen LogP contribution in [-0.4, -0.2) is 81.0 Å². The number of aliphatic carboxylic acids is 2. The van der Waals surface area contributed by atoms with Crippen molar-refractivity contribution >= 4 is 41.5 Å². The van der Waals surface area contributed by atoms with Gasteiger partial charge in [-0.3, -0.25) is 28.8 Å². The summed E-state index contributed by atoms with van der Waals surface area (Å²) in [6.07, 6.45) is -2.48. The number of carboxylic acids is 2. The average molecular weight is 539 g/mol. The monoisotopic (exact) mass is 538 g/mol. The Morgan fingerprint density at radius 3 is 1.76 bits per heavy atom. The third-order valence-electron chi connectivity index (χ3n) is 5.07. The molecular weight excluding hydrogens is 508 g/mol. The third kappa shape index (κ3) is 11.3. The van der Waals surface area contributed by atoms with Gasteiger partial charge in [-0.2, -0.15) is 0 Å². The summed E-state index contributed by atoms with van der Waals surface area (Å²) >= 11 is 0. The first-order valence-corrected chi connectivity index (χ1v) is 11.1. The number of benzene rings is 1. The van der Waals surface area contributed by atoms with Crippen LogP contribution in [0.25, 0.3) is 0 Å². The van der Waals surface area contributed by atoms with E-state index in [9.17, 15) is 48.9 Å². The molecule has 0 bridgehead atoms. The maximum absolute atomic E-state index is 13.1. The van der Waals surface area contributed by atoms with E-state index in [1.54, 1.807) is 0 Å². The number of hydrogen-bond acceptors (Lipinski definition) is 9. The lowest BCUT2D eigenvalue weighted by atomic mass is 10.0. The van der Waals surface area contributed by atoms with Gasteiger partial charge in [0, 0.05) is 12.8 Å². The Kier molecular flexibility index (Phi) is 12.1. The van der Waals surface area contributed by atoms with Crippen molar-refractivity contribution in [2.45, 2.75) is 56.3 Å². The quantitative estimate of drug-likeness (QED) is 0.0990. The van der Waals surface area contributed by atoms with Crippen molar-refractivity contribution in [1.82, 2.24) is 16.0 Å². The molecule has 4 unspecified atom stereocenters. The number of amides is 5. The summed E-state index contributed by atoms with van der Waals surface area (Å²) in [7, 11) is 0. The Morgan fingerprint density at radius 2 is 1.26 bits per heavy atom. The Labute approximate surface area is 215 Å². The normalized spacial score (nSPS) is 13.7. The Balaban J connectivity index is 3.15. The lowest BCUT2D eigenvalue weighted by Crippen LogP contribution is -2.58. The number of carbonyl (C=O) groups is 7. The second-order valence-corrected chi connectivity index (χ2v) is 8.27. The highest BCUT2D eigenvalue weighted by Gasteiger charge is 2.32. The van der Waals surface area contributed by atoms with Crippen LogP contribution in [-0.2, 0) is 40.0 Å². The van der Waals surface area contributed by atoms with Gasteiger partial charge in [0.25, 0.3) is 0 Å². The van der Waals surface area contributed by atoms with Crippen molar-refractivity contribution in [3.63, 3.8) is 0 Å². The van der Waals surface area contributed by atoms with Gasteiger partial charge in [0.2, 0.25) is 29.5 Å². The second kappa shape index (κ2) is 14.7. The van der Waals surface area contributed by atoms with Gasteiger partial charge in [-0.25, -0.2) is 4.79 Å². The largest absolute Gasteiger partial charge is 0.508 e. The molecule has 38 heavy (non-hydrogen) atoms. The second-order valence-electron chi connectivity index (χ2n) is 8.27. The molecule has 16 nitrogen and oxygen atoms in total. The topological polar surface area (TPSA) is 294 Å². The van der Waals surface area contributed by atoms with Crippen molar-refractivity contribution in [3.8, 4) is 5.75 Å². The van der Waals surface area contributed by atoms with Gasteiger partial charge in [-0.05, 0) is 24.1 Å². The van der Waals surface area contributed by atoms with E-state index >= 15 is 0 Å². The van der Waals surface area contributed by atoms with Gasteiger partial charge < -0.3 is 48.5 Å². The lowest BCUT2D eigenvalue weighted by Gasteiger charge is -2.24. The van der Waals surface area contributed by atoms with Crippen LogP contribution in [0.1, 0.15) is 31.2 Å². The minimum Gasteiger partial charge on any atom is -0.508 e. The van der Waals surface area contributed by atoms with E-state index < -0.39 is 78.5 Å². The molecule has 0 aliphatic heterocycles. The van der Waals surface area contributed by atoms with Gasteiger partial charge in [-0.1, -0.05) is 12.1 Å². The highest BCUT2D eigenvalue weighted by molar-refractivity contribution is 5.96. The zero-order valence-electron chi connectivity index (χ0n) is 20.1. The predicted molar refractivity (Wildman–Crippen MR) is 128 cm³/mol. The summed E-state index contributed by atoms with van der Waals surface area (Å²) in [6.45, 7) is 0. The zero-order chi connectivity index (χ0) is 29.0. The molecule has 0 fully saturated rings. The Morgan fingerprint density at radius 1 is 0.737 bits per heavy atom. The molecule has 16 heteroatoms. The fourth-order valence-electron chi connectivity index (χ4n) is 3.14. The van der Waals surface area contributed by atoms with Gasteiger partial charge in [0.1, 0.15) is 23.9 Å². The summed E-state index contributed by atoms with van der Waals surface area (Å²) in [6, 6.07) is -0.766. The molecule has 0 saturated carbocycles. The highest BCUT2D eigenvalue weighted by atomic mass is 16.4. The van der Waals surface area contributed by atoms with Crippen molar-refractivity contribution in [2.24, 2.45) is 17.2 Å². The molecule has 0 aliphatic rings. The standard InChI is InChI=1S/C22H30N6O10/c23-12(8-17(25)31)19(34)27-14(7-10-1-3-11(29)4-2-10)20(35)28-15(9-18(32)33)21(36)26-13(22(37)38)5-6-16(24)30/h1-4,12-15,29H,5-9,23H2,(H2,24,30)(H2,25,31)(H,26,36)(H,27,34)(H,28,35)(H,32,33)(H,37,38). The molecule has 12 N–H and O–H groups in total. The number of carboxylic acid groups (broad SMARTS) is 2. The van der Waals surface area contributed by atoms with E-state index in [0.29, 0.717) is 5.56 Å². The zero-order valence-corrected chi connectivity index (χ0v) is 20.1. The number of rotatable bonds is 16. The van der Waals surface area contributed by atoms with Crippen LogP contribution in [0.15, 0.2) is 24.3 Å². The van der Waals surface area contributed by atoms with E-state index in [1.165, 1.54) is 24.3 Å².